The van der Waals surface area contributed by atoms with Gasteiger partial charge in [-0.05, 0) is 32.4 Å². The average molecular weight is 316 g/mol. The van der Waals surface area contributed by atoms with Gasteiger partial charge in [0, 0.05) is 22.6 Å². The number of ether oxygens (including phenoxy) is 1. The number of benzene rings is 1. The first-order chi connectivity index (χ1) is 9.39. The second-order valence-electron chi connectivity index (χ2n) is 5.21. The van der Waals surface area contributed by atoms with Gasteiger partial charge in [-0.3, -0.25) is 10.1 Å². The molecule has 1 aromatic rings. The highest BCUT2D eigenvalue weighted by molar-refractivity contribution is 7.98. The fraction of sp³-hybridized carbons (Fsp3) is 0.533. The van der Waals surface area contributed by atoms with Gasteiger partial charge in [0.2, 0.25) is 0 Å². The maximum Gasteiger partial charge on any atom is 0.326 e. The fourth-order valence-corrected chi connectivity index (χ4v) is 3.47. The van der Waals surface area contributed by atoms with Crippen molar-refractivity contribution in [3.8, 4) is 0 Å². The van der Waals surface area contributed by atoms with Crippen molar-refractivity contribution in [1.82, 2.24) is 5.32 Å². The van der Waals surface area contributed by atoms with E-state index in [2.05, 4.69) is 5.32 Å². The number of methoxy groups -OCH3 is 1. The van der Waals surface area contributed by atoms with Crippen LogP contribution >= 0.6 is 23.4 Å². The number of rotatable bonds is 7. The molecule has 0 heterocycles. The van der Waals surface area contributed by atoms with Crippen molar-refractivity contribution in [2.75, 3.05) is 12.9 Å². The van der Waals surface area contributed by atoms with Gasteiger partial charge in [-0.1, -0.05) is 29.8 Å². The van der Waals surface area contributed by atoms with E-state index in [4.69, 9.17) is 16.3 Å². The third-order valence-corrected chi connectivity index (χ3v) is 4.51. The number of thioether (sulfide) groups is 1. The minimum Gasteiger partial charge on any atom is -0.468 e. The van der Waals surface area contributed by atoms with Gasteiger partial charge in [-0.25, -0.2) is 0 Å². The predicted octanol–water partition coefficient (Wildman–Crippen LogP) is 3.50. The summed E-state index contributed by atoms with van der Waals surface area (Å²) < 4.78 is 4.90. The first-order valence-electron chi connectivity index (χ1n) is 6.56. The minimum absolute atomic E-state index is 0.208. The van der Waals surface area contributed by atoms with Crippen molar-refractivity contribution in [3.63, 3.8) is 0 Å². The van der Waals surface area contributed by atoms with Gasteiger partial charge in [0.25, 0.3) is 0 Å². The van der Waals surface area contributed by atoms with E-state index in [9.17, 15) is 4.79 Å². The van der Waals surface area contributed by atoms with Gasteiger partial charge < -0.3 is 4.74 Å². The Labute approximate surface area is 130 Å². The smallest absolute Gasteiger partial charge is 0.326 e. The highest BCUT2D eigenvalue weighted by atomic mass is 35.5. The molecule has 0 aliphatic rings. The van der Waals surface area contributed by atoms with E-state index >= 15 is 0 Å². The van der Waals surface area contributed by atoms with Crippen LogP contribution in [0.2, 0.25) is 5.02 Å². The number of hydrogen-bond acceptors (Lipinski definition) is 4. The molecule has 0 aromatic heterocycles. The molecular formula is C15H22ClNO2S. The molecule has 0 radical (unpaired) electrons. The molecule has 0 fully saturated rings. The van der Waals surface area contributed by atoms with E-state index < -0.39 is 5.54 Å². The van der Waals surface area contributed by atoms with Crippen LogP contribution in [0.1, 0.15) is 26.3 Å². The number of carbonyl (C=O) groups excluding carboxylic acids is 1. The quantitative estimate of drug-likeness (QED) is 0.782. The molecule has 3 nitrogen and oxygen atoms in total. The lowest BCUT2D eigenvalue weighted by atomic mass is 10.0. The van der Waals surface area contributed by atoms with E-state index in [1.807, 2.05) is 45.0 Å². The van der Waals surface area contributed by atoms with Crippen LogP contribution < -0.4 is 5.32 Å². The lowest BCUT2D eigenvalue weighted by molar-refractivity contribution is -0.147. The predicted molar refractivity (Wildman–Crippen MR) is 86.3 cm³/mol. The third-order valence-electron chi connectivity index (χ3n) is 2.85. The minimum atomic E-state index is -0.686. The fourth-order valence-electron chi connectivity index (χ4n) is 2.00. The van der Waals surface area contributed by atoms with E-state index in [0.717, 1.165) is 16.3 Å². The highest BCUT2D eigenvalue weighted by Gasteiger charge is 2.34. The van der Waals surface area contributed by atoms with Crippen molar-refractivity contribution >= 4 is 29.3 Å². The molecule has 0 spiro atoms. The Morgan fingerprint density at radius 1 is 1.45 bits per heavy atom. The monoisotopic (exact) mass is 315 g/mol. The van der Waals surface area contributed by atoms with Gasteiger partial charge in [0.05, 0.1) is 7.11 Å². The normalized spacial score (nSPS) is 14.1. The summed E-state index contributed by atoms with van der Waals surface area (Å²) in [5, 5.41) is 4.04. The van der Waals surface area contributed by atoms with Crippen LogP contribution in [0.3, 0.4) is 0 Å². The van der Waals surface area contributed by atoms with Crippen molar-refractivity contribution in [1.29, 1.82) is 0 Å². The van der Waals surface area contributed by atoms with E-state index in [-0.39, 0.29) is 12.0 Å². The van der Waals surface area contributed by atoms with Gasteiger partial charge in [-0.2, -0.15) is 11.8 Å². The molecule has 5 heteroatoms. The molecule has 0 aliphatic carbocycles. The zero-order valence-corrected chi connectivity index (χ0v) is 14.0. The standard InChI is InChI=1S/C15H22ClNO2S/c1-11(2)17-15(3,14(18)19-4)10-20-9-12-7-5-6-8-13(12)16/h5-8,11,17H,9-10H2,1-4H3. The summed E-state index contributed by atoms with van der Waals surface area (Å²) in [6, 6.07) is 7.97. The number of halogens is 1. The molecule has 0 amide bonds. The second-order valence-corrected chi connectivity index (χ2v) is 6.60. The van der Waals surface area contributed by atoms with Crippen LogP contribution in [-0.4, -0.2) is 30.4 Å². The van der Waals surface area contributed by atoms with E-state index in [0.29, 0.717) is 5.75 Å². The summed E-state index contributed by atoms with van der Waals surface area (Å²) in [6.45, 7) is 5.90. The average Bonchev–Trinajstić information content (AvgIpc) is 2.39. The molecule has 0 aliphatic heterocycles. The van der Waals surface area contributed by atoms with E-state index in [1.54, 1.807) is 11.8 Å². The Kier molecular flexibility index (Phi) is 6.86. The van der Waals surface area contributed by atoms with Gasteiger partial charge >= 0.3 is 5.97 Å². The lowest BCUT2D eigenvalue weighted by Gasteiger charge is -2.29. The first kappa shape index (κ1) is 17.3. The van der Waals surface area contributed by atoms with Crippen molar-refractivity contribution in [2.45, 2.75) is 38.1 Å². The Morgan fingerprint density at radius 3 is 2.65 bits per heavy atom. The van der Waals surface area contributed by atoms with Crippen LogP contribution in [0.15, 0.2) is 24.3 Å². The summed E-state index contributed by atoms with van der Waals surface area (Å²) in [5.74, 6) is 1.16. The summed E-state index contributed by atoms with van der Waals surface area (Å²) in [4.78, 5) is 12.0. The molecule has 0 saturated heterocycles. The Bertz CT molecular complexity index is 453. The molecule has 1 unspecified atom stereocenters. The summed E-state index contributed by atoms with van der Waals surface area (Å²) in [7, 11) is 1.42. The molecule has 0 saturated carbocycles. The SMILES string of the molecule is COC(=O)C(C)(CSCc1ccccc1Cl)NC(C)C. The molecule has 0 bridgehead atoms. The third kappa shape index (κ3) is 5.00. The summed E-state index contributed by atoms with van der Waals surface area (Å²) >= 11 is 7.79. The molecular weight excluding hydrogens is 294 g/mol. The topological polar surface area (TPSA) is 38.3 Å². The zero-order valence-electron chi connectivity index (χ0n) is 12.4. The Hall–Kier alpha value is -0.710. The zero-order chi connectivity index (χ0) is 15.2. The molecule has 1 N–H and O–H groups in total. The maximum absolute atomic E-state index is 12.0. The van der Waals surface area contributed by atoms with Gasteiger partial charge in [-0.15, -0.1) is 0 Å². The van der Waals surface area contributed by atoms with E-state index in [1.165, 1.54) is 7.11 Å². The van der Waals surface area contributed by atoms with Gasteiger partial charge in [0.15, 0.2) is 0 Å². The highest BCUT2D eigenvalue weighted by Crippen LogP contribution is 2.24. The van der Waals surface area contributed by atoms with Crippen LogP contribution in [0.25, 0.3) is 0 Å². The van der Waals surface area contributed by atoms with Crippen LogP contribution in [0, 0.1) is 0 Å². The lowest BCUT2D eigenvalue weighted by Crippen LogP contribution is -2.54. The number of nitrogens with one attached hydrogen (secondary N) is 1. The van der Waals surface area contributed by atoms with Crippen LogP contribution in [0.5, 0.6) is 0 Å². The molecule has 1 atom stereocenters. The first-order valence-corrected chi connectivity index (χ1v) is 8.09. The van der Waals surface area contributed by atoms with Crippen LogP contribution in [-0.2, 0) is 15.3 Å². The molecule has 1 rings (SSSR count). The number of carbonyl (C=O) groups is 1. The maximum atomic E-state index is 12.0. The molecule has 112 valence electrons. The van der Waals surface area contributed by atoms with Crippen molar-refractivity contribution in [2.24, 2.45) is 0 Å². The van der Waals surface area contributed by atoms with Gasteiger partial charge in [0.1, 0.15) is 5.54 Å². The Balaban J connectivity index is 2.63. The van der Waals surface area contributed by atoms with Crippen molar-refractivity contribution < 1.29 is 9.53 Å². The number of esters is 1. The summed E-state index contributed by atoms with van der Waals surface area (Å²) in [5.41, 5.74) is 0.394. The van der Waals surface area contributed by atoms with Crippen LogP contribution in [0.4, 0.5) is 0 Å². The molecule has 1 aromatic carbocycles. The Morgan fingerprint density at radius 2 is 2.10 bits per heavy atom. The van der Waals surface area contributed by atoms with Crippen molar-refractivity contribution in [3.05, 3.63) is 34.9 Å². The second kappa shape index (κ2) is 7.91. The largest absolute Gasteiger partial charge is 0.468 e. The summed E-state index contributed by atoms with van der Waals surface area (Å²) in [6.07, 6.45) is 0. The number of hydrogen-bond donors (Lipinski definition) is 1. The molecule has 20 heavy (non-hydrogen) atoms.